The number of hydrogen-bond acceptors (Lipinski definition) is 3. The Hall–Kier alpha value is -2.55. The van der Waals surface area contributed by atoms with Gasteiger partial charge in [-0.3, -0.25) is 4.79 Å². The lowest BCUT2D eigenvalue weighted by Crippen LogP contribution is -2.06. The molecule has 0 N–H and O–H groups in total. The lowest BCUT2D eigenvalue weighted by atomic mass is 9.97. The molecule has 0 aliphatic heterocycles. The van der Waals surface area contributed by atoms with Gasteiger partial charge in [0.15, 0.2) is 5.43 Å². The number of benzene rings is 2. The van der Waals surface area contributed by atoms with Crippen molar-refractivity contribution in [3.63, 3.8) is 0 Å². The Morgan fingerprint density at radius 2 is 1.76 bits per heavy atom. The van der Waals surface area contributed by atoms with Crippen molar-refractivity contribution in [1.82, 2.24) is 0 Å². The highest BCUT2D eigenvalue weighted by atomic mass is 16.5. The van der Waals surface area contributed by atoms with Gasteiger partial charge in [-0.05, 0) is 18.2 Å². The molecule has 3 rings (SSSR count). The van der Waals surface area contributed by atoms with Gasteiger partial charge in [0.05, 0.1) is 12.5 Å². The van der Waals surface area contributed by atoms with Crippen molar-refractivity contribution in [3.8, 4) is 5.75 Å². The smallest absolute Gasteiger partial charge is 0.192 e. The van der Waals surface area contributed by atoms with Crippen LogP contribution in [0.4, 0.5) is 0 Å². The van der Waals surface area contributed by atoms with Crippen molar-refractivity contribution < 1.29 is 9.15 Å². The second-order valence-electron chi connectivity index (χ2n) is 4.97. The van der Waals surface area contributed by atoms with E-state index in [2.05, 4.69) is 0 Å². The number of fused-ring (bicyclic) bond motifs is 1. The first-order valence-corrected chi connectivity index (χ1v) is 6.86. The van der Waals surface area contributed by atoms with Gasteiger partial charge in [-0.1, -0.05) is 37.3 Å². The van der Waals surface area contributed by atoms with Crippen LogP contribution in [0.3, 0.4) is 0 Å². The van der Waals surface area contributed by atoms with E-state index in [4.69, 9.17) is 9.15 Å². The lowest BCUT2D eigenvalue weighted by Gasteiger charge is -2.15. The molecule has 0 radical (unpaired) electrons. The van der Waals surface area contributed by atoms with E-state index in [1.165, 1.54) is 0 Å². The SMILES string of the molecule is COc1ccccc1C(C)c1cc(=O)c2ccccc2o1. The van der Waals surface area contributed by atoms with E-state index in [-0.39, 0.29) is 11.3 Å². The molecule has 1 atom stereocenters. The zero-order valence-corrected chi connectivity index (χ0v) is 12.0. The van der Waals surface area contributed by atoms with E-state index in [1.807, 2.05) is 49.4 Å². The van der Waals surface area contributed by atoms with Crippen molar-refractivity contribution in [2.24, 2.45) is 0 Å². The first-order valence-electron chi connectivity index (χ1n) is 6.86. The van der Waals surface area contributed by atoms with Crippen LogP contribution in [0.2, 0.25) is 0 Å². The summed E-state index contributed by atoms with van der Waals surface area (Å²) in [4.78, 5) is 12.2. The number of rotatable bonds is 3. The molecule has 0 saturated carbocycles. The molecule has 0 aliphatic carbocycles. The van der Waals surface area contributed by atoms with Crippen LogP contribution in [-0.4, -0.2) is 7.11 Å². The second-order valence-corrected chi connectivity index (χ2v) is 4.97. The molecule has 0 saturated heterocycles. The van der Waals surface area contributed by atoms with Gasteiger partial charge in [0.1, 0.15) is 17.1 Å². The molecule has 0 amide bonds. The average Bonchev–Trinajstić information content (AvgIpc) is 2.54. The molecular weight excluding hydrogens is 264 g/mol. The van der Waals surface area contributed by atoms with Gasteiger partial charge in [0.2, 0.25) is 0 Å². The summed E-state index contributed by atoms with van der Waals surface area (Å²) in [6.45, 7) is 2.00. The highest BCUT2D eigenvalue weighted by molar-refractivity contribution is 5.76. The van der Waals surface area contributed by atoms with Crippen molar-refractivity contribution >= 4 is 11.0 Å². The van der Waals surface area contributed by atoms with Crippen LogP contribution in [0, 0.1) is 0 Å². The van der Waals surface area contributed by atoms with Crippen molar-refractivity contribution in [2.75, 3.05) is 7.11 Å². The highest BCUT2D eigenvalue weighted by Crippen LogP contribution is 2.31. The van der Waals surface area contributed by atoms with Gasteiger partial charge >= 0.3 is 0 Å². The van der Waals surface area contributed by atoms with Crippen molar-refractivity contribution in [2.45, 2.75) is 12.8 Å². The summed E-state index contributed by atoms with van der Waals surface area (Å²) in [5, 5.41) is 0.605. The van der Waals surface area contributed by atoms with Crippen LogP contribution in [0.1, 0.15) is 24.2 Å². The van der Waals surface area contributed by atoms with E-state index in [0.717, 1.165) is 11.3 Å². The van der Waals surface area contributed by atoms with Gasteiger partial charge in [-0.15, -0.1) is 0 Å². The Morgan fingerprint density at radius 3 is 2.57 bits per heavy atom. The van der Waals surface area contributed by atoms with Crippen molar-refractivity contribution in [3.05, 3.63) is 76.1 Å². The van der Waals surface area contributed by atoms with Crippen LogP contribution in [0.5, 0.6) is 5.75 Å². The second kappa shape index (κ2) is 5.44. The predicted molar refractivity (Wildman–Crippen MR) is 83.0 cm³/mol. The number of ether oxygens (including phenoxy) is 1. The van der Waals surface area contributed by atoms with E-state index < -0.39 is 0 Å². The third-order valence-electron chi connectivity index (χ3n) is 3.69. The molecule has 3 aromatic rings. The zero-order chi connectivity index (χ0) is 14.8. The number of para-hydroxylation sites is 2. The fourth-order valence-corrected chi connectivity index (χ4v) is 2.51. The summed E-state index contributed by atoms with van der Waals surface area (Å²) < 4.78 is 11.3. The van der Waals surface area contributed by atoms with Crippen LogP contribution in [0.15, 0.2) is 63.8 Å². The minimum absolute atomic E-state index is 0.0198. The summed E-state index contributed by atoms with van der Waals surface area (Å²) >= 11 is 0. The van der Waals surface area contributed by atoms with Gasteiger partial charge in [0.25, 0.3) is 0 Å². The Bertz CT molecular complexity index is 833. The minimum Gasteiger partial charge on any atom is -0.496 e. The third kappa shape index (κ3) is 2.42. The Balaban J connectivity index is 2.14. The molecule has 1 heterocycles. The van der Waals surface area contributed by atoms with Crippen LogP contribution < -0.4 is 10.2 Å². The maximum Gasteiger partial charge on any atom is 0.192 e. The Labute approximate surface area is 122 Å². The monoisotopic (exact) mass is 280 g/mol. The van der Waals surface area contributed by atoms with E-state index in [9.17, 15) is 4.79 Å². The molecule has 0 bridgehead atoms. The molecular formula is C18H16O3. The number of hydrogen-bond donors (Lipinski definition) is 0. The molecule has 1 unspecified atom stereocenters. The van der Waals surface area contributed by atoms with E-state index >= 15 is 0 Å². The summed E-state index contributed by atoms with van der Waals surface area (Å²) in [5.74, 6) is 1.38. The summed E-state index contributed by atoms with van der Waals surface area (Å²) in [6, 6.07) is 16.6. The molecule has 3 nitrogen and oxygen atoms in total. The molecule has 106 valence electrons. The summed E-state index contributed by atoms with van der Waals surface area (Å²) in [6.07, 6.45) is 0. The van der Waals surface area contributed by atoms with Gasteiger partial charge in [-0.25, -0.2) is 0 Å². The maximum atomic E-state index is 12.2. The summed E-state index contributed by atoms with van der Waals surface area (Å²) in [7, 11) is 1.64. The Morgan fingerprint density at radius 1 is 1.05 bits per heavy atom. The summed E-state index contributed by atoms with van der Waals surface area (Å²) in [5.41, 5.74) is 1.59. The normalized spacial score (nSPS) is 12.3. The van der Waals surface area contributed by atoms with Gasteiger partial charge < -0.3 is 9.15 Å². The molecule has 0 fully saturated rings. The fraction of sp³-hybridized carbons (Fsp3) is 0.167. The van der Waals surface area contributed by atoms with E-state index in [1.54, 1.807) is 19.2 Å². The van der Waals surface area contributed by atoms with Gasteiger partial charge in [0, 0.05) is 17.5 Å². The largest absolute Gasteiger partial charge is 0.496 e. The number of methoxy groups -OCH3 is 1. The average molecular weight is 280 g/mol. The molecule has 1 aromatic heterocycles. The maximum absolute atomic E-state index is 12.2. The van der Waals surface area contributed by atoms with E-state index in [0.29, 0.717) is 16.7 Å². The zero-order valence-electron chi connectivity index (χ0n) is 12.0. The molecule has 0 spiro atoms. The molecule has 21 heavy (non-hydrogen) atoms. The third-order valence-corrected chi connectivity index (χ3v) is 3.69. The highest BCUT2D eigenvalue weighted by Gasteiger charge is 2.17. The standard InChI is InChI=1S/C18H16O3/c1-12(13-7-3-5-9-16(13)20-2)18-11-15(19)14-8-4-6-10-17(14)21-18/h3-12H,1-2H3. The molecule has 3 heteroatoms. The Kier molecular flexibility index (Phi) is 3.48. The van der Waals surface area contributed by atoms with Crippen LogP contribution >= 0.6 is 0 Å². The topological polar surface area (TPSA) is 39.4 Å². The first kappa shape index (κ1) is 13.4. The van der Waals surface area contributed by atoms with Crippen LogP contribution in [0.25, 0.3) is 11.0 Å². The minimum atomic E-state index is -0.0570. The quantitative estimate of drug-likeness (QED) is 0.729. The lowest BCUT2D eigenvalue weighted by molar-refractivity contribution is 0.405. The first-order chi connectivity index (χ1) is 10.2. The van der Waals surface area contributed by atoms with Gasteiger partial charge in [-0.2, -0.15) is 0 Å². The predicted octanol–water partition coefficient (Wildman–Crippen LogP) is 3.95. The molecule has 2 aromatic carbocycles. The fourth-order valence-electron chi connectivity index (χ4n) is 2.51. The van der Waals surface area contributed by atoms with Crippen molar-refractivity contribution in [1.29, 1.82) is 0 Å². The molecule has 0 aliphatic rings. The van der Waals surface area contributed by atoms with Crippen LogP contribution in [-0.2, 0) is 0 Å².